The molecule has 2 saturated carbocycles. The maximum absolute atomic E-state index is 11.4. The first-order valence-electron chi connectivity index (χ1n) is 6.28. The molecule has 1 amide bonds. The highest BCUT2D eigenvalue weighted by Crippen LogP contribution is 2.27. The molecular weight excluding hydrogens is 188 g/mol. The van der Waals surface area contributed by atoms with Gasteiger partial charge in [-0.15, -0.1) is 0 Å². The Morgan fingerprint density at radius 1 is 1.27 bits per heavy atom. The predicted molar refractivity (Wildman–Crippen MR) is 60.6 cm³/mol. The summed E-state index contributed by atoms with van der Waals surface area (Å²) in [6.45, 7) is 2.70. The molecule has 0 aromatic rings. The van der Waals surface area contributed by atoms with Crippen molar-refractivity contribution in [3.63, 3.8) is 0 Å². The zero-order valence-corrected chi connectivity index (χ0v) is 9.59. The summed E-state index contributed by atoms with van der Waals surface area (Å²) in [6.07, 6.45) is 7.74. The lowest BCUT2D eigenvalue weighted by atomic mass is 10.00. The van der Waals surface area contributed by atoms with Crippen molar-refractivity contribution in [1.29, 1.82) is 0 Å². The fourth-order valence-electron chi connectivity index (χ4n) is 2.38. The summed E-state index contributed by atoms with van der Waals surface area (Å²) in [7, 11) is 0. The van der Waals surface area contributed by atoms with E-state index in [1.807, 2.05) is 0 Å². The van der Waals surface area contributed by atoms with E-state index in [4.69, 9.17) is 0 Å². The molecule has 1 atom stereocenters. The Hall–Kier alpha value is -0.570. The number of carbonyl (C=O) groups is 1. The van der Waals surface area contributed by atoms with Gasteiger partial charge in [0.05, 0.1) is 6.54 Å². The van der Waals surface area contributed by atoms with Crippen molar-refractivity contribution in [2.45, 2.75) is 57.5 Å². The van der Waals surface area contributed by atoms with Gasteiger partial charge in [-0.05, 0) is 38.5 Å². The first kappa shape index (κ1) is 10.9. The normalized spacial score (nSPS) is 24.1. The molecule has 2 aliphatic rings. The average Bonchev–Trinajstić information content (AvgIpc) is 2.86. The summed E-state index contributed by atoms with van der Waals surface area (Å²) in [5, 5.41) is 6.34. The van der Waals surface area contributed by atoms with E-state index in [0.717, 1.165) is 5.92 Å². The molecule has 2 fully saturated rings. The molecule has 2 aliphatic carbocycles. The Labute approximate surface area is 92.0 Å². The van der Waals surface area contributed by atoms with Crippen LogP contribution in [0.2, 0.25) is 0 Å². The molecular formula is C12H22N2O. The largest absolute Gasteiger partial charge is 0.352 e. The number of carbonyl (C=O) groups excluding carboxylic acids is 1. The van der Waals surface area contributed by atoms with Crippen LogP contribution >= 0.6 is 0 Å². The second-order valence-electron chi connectivity index (χ2n) is 5.06. The third-order valence-corrected chi connectivity index (χ3v) is 3.63. The molecule has 2 N–H and O–H groups in total. The summed E-state index contributed by atoms with van der Waals surface area (Å²) in [5.41, 5.74) is 0. The van der Waals surface area contributed by atoms with Crippen LogP contribution in [0.15, 0.2) is 0 Å². The fraction of sp³-hybridized carbons (Fsp3) is 0.917. The molecule has 3 heteroatoms. The molecule has 0 aromatic carbocycles. The highest BCUT2D eigenvalue weighted by molar-refractivity contribution is 5.78. The van der Waals surface area contributed by atoms with Gasteiger partial charge in [-0.25, -0.2) is 0 Å². The second kappa shape index (κ2) is 4.97. The summed E-state index contributed by atoms with van der Waals surface area (Å²) in [6, 6.07) is 0.985. The van der Waals surface area contributed by atoms with Crippen LogP contribution in [0.25, 0.3) is 0 Å². The van der Waals surface area contributed by atoms with Gasteiger partial charge < -0.3 is 10.6 Å². The van der Waals surface area contributed by atoms with Crippen molar-refractivity contribution >= 4 is 5.91 Å². The predicted octanol–water partition coefficient (Wildman–Crippen LogP) is 1.43. The van der Waals surface area contributed by atoms with Crippen LogP contribution in [0, 0.1) is 5.92 Å². The molecule has 15 heavy (non-hydrogen) atoms. The van der Waals surface area contributed by atoms with E-state index >= 15 is 0 Å². The molecule has 0 spiro atoms. The summed E-state index contributed by atoms with van der Waals surface area (Å²) in [5.74, 6) is 0.959. The Morgan fingerprint density at radius 2 is 1.93 bits per heavy atom. The highest BCUT2D eigenvalue weighted by atomic mass is 16.2. The molecule has 1 unspecified atom stereocenters. The van der Waals surface area contributed by atoms with Crippen molar-refractivity contribution in [3.8, 4) is 0 Å². The summed E-state index contributed by atoms with van der Waals surface area (Å²) < 4.78 is 0. The van der Waals surface area contributed by atoms with Gasteiger partial charge in [0.1, 0.15) is 0 Å². The van der Waals surface area contributed by atoms with E-state index in [9.17, 15) is 4.79 Å². The van der Waals surface area contributed by atoms with Crippen LogP contribution in [-0.4, -0.2) is 24.5 Å². The topological polar surface area (TPSA) is 41.1 Å². The van der Waals surface area contributed by atoms with Gasteiger partial charge in [0, 0.05) is 12.1 Å². The first-order valence-corrected chi connectivity index (χ1v) is 6.28. The van der Waals surface area contributed by atoms with Gasteiger partial charge >= 0.3 is 0 Å². The monoisotopic (exact) mass is 210 g/mol. The third kappa shape index (κ3) is 3.49. The molecule has 86 valence electrons. The number of hydrogen-bond donors (Lipinski definition) is 2. The molecule has 2 rings (SSSR count). The van der Waals surface area contributed by atoms with Crippen LogP contribution in [0.3, 0.4) is 0 Å². The van der Waals surface area contributed by atoms with Gasteiger partial charge in [0.15, 0.2) is 0 Å². The lowest BCUT2D eigenvalue weighted by molar-refractivity contribution is -0.120. The van der Waals surface area contributed by atoms with Gasteiger partial charge in [0.2, 0.25) is 5.91 Å². The number of amides is 1. The van der Waals surface area contributed by atoms with E-state index in [1.165, 1.54) is 38.5 Å². The van der Waals surface area contributed by atoms with Crippen LogP contribution in [0.4, 0.5) is 0 Å². The minimum Gasteiger partial charge on any atom is -0.352 e. The van der Waals surface area contributed by atoms with Crippen molar-refractivity contribution < 1.29 is 4.79 Å². The number of rotatable bonds is 5. The Kier molecular flexibility index (Phi) is 3.62. The molecule has 0 radical (unpaired) electrons. The maximum Gasteiger partial charge on any atom is 0.234 e. The molecule has 0 saturated heterocycles. The lowest BCUT2D eigenvalue weighted by Gasteiger charge is -2.20. The number of nitrogens with one attached hydrogen (secondary N) is 2. The molecule has 0 bridgehead atoms. The molecule has 0 heterocycles. The fourth-order valence-corrected chi connectivity index (χ4v) is 2.38. The van der Waals surface area contributed by atoms with Gasteiger partial charge in [-0.2, -0.15) is 0 Å². The summed E-state index contributed by atoms with van der Waals surface area (Å²) in [4.78, 5) is 11.4. The zero-order valence-electron chi connectivity index (χ0n) is 9.59. The van der Waals surface area contributed by atoms with Gasteiger partial charge in [0.25, 0.3) is 0 Å². The van der Waals surface area contributed by atoms with E-state index in [-0.39, 0.29) is 5.91 Å². The quantitative estimate of drug-likeness (QED) is 0.721. The van der Waals surface area contributed by atoms with Gasteiger partial charge in [-0.3, -0.25) is 4.79 Å². The third-order valence-electron chi connectivity index (χ3n) is 3.63. The standard InChI is InChI=1S/C12H22N2O/c1-9(10-4-2-3-5-10)13-8-12(15)14-11-6-7-11/h9-11,13H,2-8H2,1H3,(H,14,15). The highest BCUT2D eigenvalue weighted by Gasteiger charge is 2.24. The average molecular weight is 210 g/mol. The maximum atomic E-state index is 11.4. The van der Waals surface area contributed by atoms with E-state index in [1.54, 1.807) is 0 Å². The Bertz CT molecular complexity index is 220. The van der Waals surface area contributed by atoms with Crippen LogP contribution in [0.5, 0.6) is 0 Å². The van der Waals surface area contributed by atoms with Crippen molar-refractivity contribution in [2.24, 2.45) is 5.92 Å². The SMILES string of the molecule is CC(NCC(=O)NC1CC1)C1CCCC1. The molecule has 0 aliphatic heterocycles. The van der Waals surface area contributed by atoms with E-state index < -0.39 is 0 Å². The van der Waals surface area contributed by atoms with Gasteiger partial charge in [-0.1, -0.05) is 12.8 Å². The molecule has 0 aromatic heterocycles. The van der Waals surface area contributed by atoms with E-state index in [2.05, 4.69) is 17.6 Å². The minimum atomic E-state index is 0.169. The Balaban J connectivity index is 1.60. The minimum absolute atomic E-state index is 0.169. The van der Waals surface area contributed by atoms with Crippen molar-refractivity contribution in [3.05, 3.63) is 0 Å². The number of hydrogen-bond acceptors (Lipinski definition) is 2. The van der Waals surface area contributed by atoms with Crippen LogP contribution in [-0.2, 0) is 4.79 Å². The van der Waals surface area contributed by atoms with Crippen molar-refractivity contribution in [2.75, 3.05) is 6.54 Å². The Morgan fingerprint density at radius 3 is 2.53 bits per heavy atom. The molecule has 3 nitrogen and oxygen atoms in total. The van der Waals surface area contributed by atoms with Crippen molar-refractivity contribution in [1.82, 2.24) is 10.6 Å². The summed E-state index contributed by atoms with van der Waals surface area (Å²) >= 11 is 0. The first-order chi connectivity index (χ1) is 7.25. The zero-order chi connectivity index (χ0) is 10.7. The van der Waals surface area contributed by atoms with Crippen LogP contribution in [0.1, 0.15) is 45.4 Å². The van der Waals surface area contributed by atoms with Crippen LogP contribution < -0.4 is 10.6 Å². The van der Waals surface area contributed by atoms with E-state index in [0.29, 0.717) is 18.6 Å². The lowest BCUT2D eigenvalue weighted by Crippen LogP contribution is -2.41. The smallest absolute Gasteiger partial charge is 0.234 e. The second-order valence-corrected chi connectivity index (χ2v) is 5.06.